The Balaban J connectivity index is 1.55. The van der Waals surface area contributed by atoms with Crippen LogP contribution in [0.15, 0.2) is 76.5 Å². The predicted molar refractivity (Wildman–Crippen MR) is 113 cm³/mol. The quantitative estimate of drug-likeness (QED) is 0.487. The van der Waals surface area contributed by atoms with E-state index in [0.717, 1.165) is 28.5 Å². The fraction of sp³-hybridized carbons (Fsp3) is 0.182. The van der Waals surface area contributed by atoms with Crippen molar-refractivity contribution in [3.63, 3.8) is 0 Å². The van der Waals surface area contributed by atoms with Gasteiger partial charge in [0, 0.05) is 19.0 Å². The number of para-hydroxylation sites is 2. The van der Waals surface area contributed by atoms with Crippen molar-refractivity contribution >= 4 is 26.8 Å². The van der Waals surface area contributed by atoms with Crippen molar-refractivity contribution < 1.29 is 17.6 Å². The van der Waals surface area contributed by atoms with Crippen LogP contribution in [0.5, 0.6) is 0 Å². The predicted octanol–water partition coefficient (Wildman–Crippen LogP) is 3.86. The molecule has 2 aromatic heterocycles. The Morgan fingerprint density at radius 1 is 1.07 bits per heavy atom. The van der Waals surface area contributed by atoms with Crippen molar-refractivity contribution in [2.45, 2.75) is 18.1 Å². The summed E-state index contributed by atoms with van der Waals surface area (Å²) in [6.07, 6.45) is 2.83. The minimum atomic E-state index is -3.50. The standard InChI is InChI=1S/C22H21N3O4S/c1-15(24(2)22(26)20-12-13-21(29-20)30(3,27)28)16-8-10-17(11-9-16)25-14-23-18-6-4-5-7-19(18)25/h4-15H,1-3H3. The molecule has 0 N–H and O–H groups in total. The molecule has 4 aromatic rings. The lowest BCUT2D eigenvalue weighted by molar-refractivity contribution is 0.0704. The molecule has 0 saturated carbocycles. The maximum Gasteiger partial charge on any atom is 0.289 e. The Morgan fingerprint density at radius 2 is 1.77 bits per heavy atom. The first-order chi connectivity index (χ1) is 14.3. The van der Waals surface area contributed by atoms with E-state index < -0.39 is 9.84 Å². The number of carbonyl (C=O) groups is 1. The Labute approximate surface area is 174 Å². The van der Waals surface area contributed by atoms with Crippen LogP contribution in [0.3, 0.4) is 0 Å². The van der Waals surface area contributed by atoms with Crippen molar-refractivity contribution in [2.75, 3.05) is 13.3 Å². The summed E-state index contributed by atoms with van der Waals surface area (Å²) in [5, 5.41) is -0.219. The second kappa shape index (κ2) is 7.46. The molecular weight excluding hydrogens is 402 g/mol. The van der Waals surface area contributed by atoms with E-state index in [2.05, 4.69) is 4.98 Å². The molecule has 0 saturated heterocycles. The second-order valence-electron chi connectivity index (χ2n) is 7.18. The fourth-order valence-corrected chi connectivity index (χ4v) is 3.84. The number of aromatic nitrogens is 2. The number of carbonyl (C=O) groups excluding carboxylic acids is 1. The fourth-order valence-electron chi connectivity index (χ4n) is 3.29. The van der Waals surface area contributed by atoms with E-state index >= 15 is 0 Å². The molecule has 2 aromatic carbocycles. The summed E-state index contributed by atoms with van der Waals surface area (Å²) in [6.45, 7) is 1.90. The van der Waals surface area contributed by atoms with Gasteiger partial charge in [-0.05, 0) is 48.9 Å². The molecule has 0 aliphatic rings. The van der Waals surface area contributed by atoms with Gasteiger partial charge in [0.2, 0.25) is 14.9 Å². The summed E-state index contributed by atoms with van der Waals surface area (Å²) in [5.41, 5.74) is 3.85. The lowest BCUT2D eigenvalue weighted by Crippen LogP contribution is -2.29. The molecule has 0 aliphatic heterocycles. The number of imidazole rings is 1. The minimum absolute atomic E-state index is 0.00807. The molecule has 1 unspecified atom stereocenters. The normalized spacial score (nSPS) is 12.8. The first-order valence-electron chi connectivity index (χ1n) is 9.35. The van der Waals surface area contributed by atoms with Crippen molar-refractivity contribution in [3.05, 3.63) is 78.3 Å². The van der Waals surface area contributed by atoms with E-state index in [-0.39, 0.29) is 22.8 Å². The number of benzene rings is 2. The van der Waals surface area contributed by atoms with Gasteiger partial charge in [0.25, 0.3) is 5.91 Å². The monoisotopic (exact) mass is 423 g/mol. The molecular formula is C22H21N3O4S. The van der Waals surface area contributed by atoms with Gasteiger partial charge in [0.15, 0.2) is 5.76 Å². The van der Waals surface area contributed by atoms with Crippen molar-refractivity contribution in [3.8, 4) is 5.69 Å². The van der Waals surface area contributed by atoms with Crippen LogP contribution in [0.1, 0.15) is 29.1 Å². The molecule has 8 heteroatoms. The highest BCUT2D eigenvalue weighted by atomic mass is 32.2. The van der Waals surface area contributed by atoms with Gasteiger partial charge >= 0.3 is 0 Å². The zero-order valence-corrected chi connectivity index (χ0v) is 17.6. The SMILES string of the molecule is CC(c1ccc(-n2cnc3ccccc32)cc1)N(C)C(=O)c1ccc(S(C)(=O)=O)o1. The summed E-state index contributed by atoms with van der Waals surface area (Å²) in [4.78, 5) is 18.7. The summed E-state index contributed by atoms with van der Waals surface area (Å²) >= 11 is 0. The summed E-state index contributed by atoms with van der Waals surface area (Å²) in [7, 11) is -1.84. The number of hydrogen-bond donors (Lipinski definition) is 0. The van der Waals surface area contributed by atoms with Gasteiger partial charge < -0.3 is 9.32 Å². The molecule has 4 rings (SSSR count). The Hall–Kier alpha value is -3.39. The number of hydrogen-bond acceptors (Lipinski definition) is 5. The molecule has 154 valence electrons. The topological polar surface area (TPSA) is 85.4 Å². The van der Waals surface area contributed by atoms with Crippen LogP contribution in [-0.4, -0.2) is 42.1 Å². The molecule has 0 aliphatic carbocycles. The van der Waals surface area contributed by atoms with E-state index in [4.69, 9.17) is 4.42 Å². The van der Waals surface area contributed by atoms with Gasteiger partial charge in [-0.1, -0.05) is 24.3 Å². The summed E-state index contributed by atoms with van der Waals surface area (Å²) in [5.74, 6) is -0.395. The van der Waals surface area contributed by atoms with Crippen LogP contribution in [0.4, 0.5) is 0 Å². The highest BCUT2D eigenvalue weighted by molar-refractivity contribution is 7.90. The number of fused-ring (bicyclic) bond motifs is 1. The molecule has 0 spiro atoms. The van der Waals surface area contributed by atoms with Crippen LogP contribution < -0.4 is 0 Å². The van der Waals surface area contributed by atoms with E-state index in [1.165, 1.54) is 17.0 Å². The second-order valence-corrected chi connectivity index (χ2v) is 9.12. The van der Waals surface area contributed by atoms with Gasteiger partial charge in [-0.15, -0.1) is 0 Å². The number of sulfone groups is 1. The number of furan rings is 1. The third kappa shape index (κ3) is 3.61. The largest absolute Gasteiger partial charge is 0.440 e. The number of amides is 1. The minimum Gasteiger partial charge on any atom is -0.440 e. The molecule has 0 fully saturated rings. The molecule has 2 heterocycles. The zero-order chi connectivity index (χ0) is 21.5. The van der Waals surface area contributed by atoms with E-state index in [9.17, 15) is 13.2 Å². The molecule has 0 radical (unpaired) electrons. The van der Waals surface area contributed by atoms with Crippen molar-refractivity contribution in [1.82, 2.24) is 14.5 Å². The molecule has 1 amide bonds. The maximum atomic E-state index is 12.7. The first kappa shape index (κ1) is 19.9. The Bertz CT molecular complexity index is 1320. The van der Waals surface area contributed by atoms with Gasteiger partial charge in [-0.3, -0.25) is 9.36 Å². The summed E-state index contributed by atoms with van der Waals surface area (Å²) in [6, 6.07) is 18.2. The smallest absolute Gasteiger partial charge is 0.289 e. The third-order valence-corrected chi connectivity index (χ3v) is 6.12. The van der Waals surface area contributed by atoms with Crippen LogP contribution in [0.2, 0.25) is 0 Å². The third-order valence-electron chi connectivity index (χ3n) is 5.17. The number of nitrogens with zero attached hydrogens (tertiary/aromatic N) is 3. The van der Waals surface area contributed by atoms with Gasteiger partial charge in [0.1, 0.15) is 6.33 Å². The van der Waals surface area contributed by atoms with Crippen molar-refractivity contribution in [1.29, 1.82) is 0 Å². The maximum absolute atomic E-state index is 12.7. The molecule has 30 heavy (non-hydrogen) atoms. The van der Waals surface area contributed by atoms with E-state index in [1.54, 1.807) is 13.4 Å². The molecule has 0 bridgehead atoms. The van der Waals surface area contributed by atoms with Crippen LogP contribution in [0.25, 0.3) is 16.7 Å². The number of rotatable bonds is 5. The van der Waals surface area contributed by atoms with E-state index in [1.807, 2.05) is 60.0 Å². The summed E-state index contributed by atoms with van der Waals surface area (Å²) < 4.78 is 30.4. The highest BCUT2D eigenvalue weighted by Gasteiger charge is 2.23. The Kier molecular flexibility index (Phi) is 4.95. The highest BCUT2D eigenvalue weighted by Crippen LogP contribution is 2.25. The Morgan fingerprint density at radius 3 is 2.43 bits per heavy atom. The zero-order valence-electron chi connectivity index (χ0n) is 16.8. The van der Waals surface area contributed by atoms with Gasteiger partial charge in [-0.25, -0.2) is 13.4 Å². The van der Waals surface area contributed by atoms with Crippen LogP contribution in [0, 0.1) is 0 Å². The van der Waals surface area contributed by atoms with Crippen molar-refractivity contribution in [2.24, 2.45) is 0 Å². The molecule has 1 atom stereocenters. The lowest BCUT2D eigenvalue weighted by atomic mass is 10.1. The van der Waals surface area contributed by atoms with Crippen LogP contribution in [-0.2, 0) is 9.84 Å². The van der Waals surface area contributed by atoms with Gasteiger partial charge in [-0.2, -0.15) is 0 Å². The molecule has 7 nitrogen and oxygen atoms in total. The average molecular weight is 423 g/mol. The first-order valence-corrected chi connectivity index (χ1v) is 11.2. The van der Waals surface area contributed by atoms with E-state index in [0.29, 0.717) is 0 Å². The lowest BCUT2D eigenvalue weighted by Gasteiger charge is -2.24. The van der Waals surface area contributed by atoms with Crippen LogP contribution >= 0.6 is 0 Å². The van der Waals surface area contributed by atoms with Gasteiger partial charge in [0.05, 0.1) is 17.1 Å². The average Bonchev–Trinajstić information content (AvgIpc) is 3.40.